The fourth-order valence-electron chi connectivity index (χ4n) is 6.73. The zero-order valence-corrected chi connectivity index (χ0v) is 20.3. The summed E-state index contributed by atoms with van der Waals surface area (Å²) in [5.74, 6) is 0.885. The minimum absolute atomic E-state index is 0.110. The summed E-state index contributed by atoms with van der Waals surface area (Å²) in [5, 5.41) is 4.93. The molecule has 1 saturated heterocycles. The van der Waals surface area contributed by atoms with Crippen molar-refractivity contribution in [2.75, 3.05) is 13.1 Å². The summed E-state index contributed by atoms with van der Waals surface area (Å²) in [4.78, 5) is 16.1. The Morgan fingerprint density at radius 1 is 1.19 bits per heavy atom. The van der Waals surface area contributed by atoms with Gasteiger partial charge in [0.2, 0.25) is 5.91 Å². The predicted molar refractivity (Wildman–Crippen MR) is 132 cm³/mol. The average Bonchev–Trinajstić information content (AvgIpc) is 3.18. The molecule has 0 spiro atoms. The zero-order valence-electron chi connectivity index (χ0n) is 20.3. The van der Waals surface area contributed by atoms with Crippen LogP contribution in [0.5, 0.6) is 0 Å². The first kappa shape index (κ1) is 22.0. The van der Waals surface area contributed by atoms with Crippen LogP contribution in [0.25, 0.3) is 10.9 Å². The summed E-state index contributed by atoms with van der Waals surface area (Å²) in [5.41, 5.74) is 4.38. The van der Waals surface area contributed by atoms with Crippen LogP contribution in [0.2, 0.25) is 0 Å². The number of hydrogen-bond acceptors (Lipinski definition) is 2. The van der Waals surface area contributed by atoms with Gasteiger partial charge < -0.3 is 9.88 Å². The average molecular weight is 436 g/mol. The number of carbonyl (C=O) groups is 1. The summed E-state index contributed by atoms with van der Waals surface area (Å²) in [6.07, 6.45) is 13.1. The van der Waals surface area contributed by atoms with Crippen molar-refractivity contribution < 1.29 is 4.79 Å². The highest BCUT2D eigenvalue weighted by Crippen LogP contribution is 2.46. The van der Waals surface area contributed by atoms with Gasteiger partial charge in [-0.2, -0.15) is 0 Å². The molecular formula is C28H41N3O. The van der Waals surface area contributed by atoms with Gasteiger partial charge in [0.1, 0.15) is 0 Å². The highest BCUT2D eigenvalue weighted by Gasteiger charge is 2.43. The number of likely N-dealkylation sites (tertiary alicyclic amines) is 1. The Balaban J connectivity index is 1.45. The van der Waals surface area contributed by atoms with E-state index in [9.17, 15) is 4.79 Å². The number of amides is 1. The number of unbranched alkanes of at least 4 members (excludes halogenated alkanes) is 1. The van der Waals surface area contributed by atoms with E-state index >= 15 is 0 Å². The quantitative estimate of drug-likeness (QED) is 0.622. The lowest BCUT2D eigenvalue weighted by molar-refractivity contribution is -0.128. The molecule has 4 heteroatoms. The lowest BCUT2D eigenvalue weighted by Crippen LogP contribution is -2.54. The van der Waals surface area contributed by atoms with E-state index in [-0.39, 0.29) is 5.92 Å². The topological polar surface area (TPSA) is 37.3 Å². The van der Waals surface area contributed by atoms with Gasteiger partial charge in [-0.25, -0.2) is 0 Å². The van der Waals surface area contributed by atoms with Gasteiger partial charge in [-0.15, -0.1) is 0 Å². The smallest absolute Gasteiger partial charge is 0.224 e. The predicted octanol–water partition coefficient (Wildman–Crippen LogP) is 5.80. The molecule has 1 aromatic carbocycles. The SMILES string of the molecule is CCCCN1C[C@H](C(=O)NC2CCCCC2)C[C@@H]2c3cccc4c3c(cn4C(C)C)C[C@H]21. The number of piperidine rings is 1. The molecule has 1 aromatic heterocycles. The largest absolute Gasteiger partial charge is 0.353 e. The first-order valence-electron chi connectivity index (χ1n) is 13.2. The Morgan fingerprint density at radius 2 is 2.00 bits per heavy atom. The van der Waals surface area contributed by atoms with Crippen LogP contribution >= 0.6 is 0 Å². The molecule has 3 atom stereocenters. The van der Waals surface area contributed by atoms with Gasteiger partial charge in [-0.1, -0.05) is 44.7 Å². The molecule has 1 N–H and O–H groups in total. The Kier molecular flexibility index (Phi) is 6.33. The maximum Gasteiger partial charge on any atom is 0.224 e. The van der Waals surface area contributed by atoms with Crippen molar-refractivity contribution >= 4 is 16.8 Å². The van der Waals surface area contributed by atoms with Gasteiger partial charge in [0, 0.05) is 47.7 Å². The van der Waals surface area contributed by atoms with Crippen LogP contribution in [0.3, 0.4) is 0 Å². The van der Waals surface area contributed by atoms with E-state index in [1.165, 1.54) is 54.1 Å². The van der Waals surface area contributed by atoms with E-state index < -0.39 is 0 Å². The van der Waals surface area contributed by atoms with E-state index in [4.69, 9.17) is 0 Å². The van der Waals surface area contributed by atoms with Crippen LogP contribution in [0, 0.1) is 5.92 Å². The Bertz CT molecular complexity index is 955. The van der Waals surface area contributed by atoms with Gasteiger partial charge in [-0.3, -0.25) is 9.69 Å². The molecule has 0 radical (unpaired) electrons. The fraction of sp³-hybridized carbons (Fsp3) is 0.679. The highest BCUT2D eigenvalue weighted by atomic mass is 16.2. The number of nitrogens with zero attached hydrogens (tertiary/aromatic N) is 2. The highest BCUT2D eigenvalue weighted by molar-refractivity contribution is 5.89. The third-order valence-electron chi connectivity index (χ3n) is 8.40. The molecule has 1 amide bonds. The molecule has 174 valence electrons. The first-order valence-corrected chi connectivity index (χ1v) is 13.2. The fourth-order valence-corrected chi connectivity index (χ4v) is 6.73. The molecule has 1 aliphatic heterocycles. The summed E-state index contributed by atoms with van der Waals surface area (Å²) in [6, 6.07) is 8.28. The Hall–Kier alpha value is -1.81. The minimum atomic E-state index is 0.110. The molecule has 3 aliphatic rings. The summed E-state index contributed by atoms with van der Waals surface area (Å²) >= 11 is 0. The lowest BCUT2D eigenvalue weighted by Gasteiger charge is -2.47. The minimum Gasteiger partial charge on any atom is -0.353 e. The van der Waals surface area contributed by atoms with Crippen LogP contribution < -0.4 is 5.32 Å². The second-order valence-electron chi connectivity index (χ2n) is 10.9. The molecule has 0 bridgehead atoms. The Morgan fingerprint density at radius 3 is 2.75 bits per heavy atom. The number of carbonyl (C=O) groups excluding carboxylic acids is 1. The van der Waals surface area contributed by atoms with Crippen LogP contribution in [-0.2, 0) is 11.2 Å². The number of aromatic nitrogens is 1. The maximum atomic E-state index is 13.4. The molecule has 2 fully saturated rings. The molecule has 2 aliphatic carbocycles. The van der Waals surface area contributed by atoms with Gasteiger partial charge in [0.05, 0.1) is 5.92 Å². The maximum absolute atomic E-state index is 13.4. The third kappa shape index (κ3) is 4.00. The standard InChI is InChI=1S/C28H41N3O/c1-4-5-14-30-17-21(28(32)29-22-10-7-6-8-11-22)15-24-23-12-9-13-25-27(23)20(16-26(24)30)18-31(25)19(2)3/h9,12-13,18-19,21-22,24,26H,4-8,10-11,14-17H2,1-3H3,(H,29,32)/t21-,24-,26-/m1/s1. The van der Waals surface area contributed by atoms with Gasteiger partial charge >= 0.3 is 0 Å². The normalized spacial score (nSPS) is 26.4. The summed E-state index contributed by atoms with van der Waals surface area (Å²) in [6.45, 7) is 8.87. The van der Waals surface area contributed by atoms with Crippen molar-refractivity contribution in [3.8, 4) is 0 Å². The number of rotatable bonds is 6. The van der Waals surface area contributed by atoms with Crippen molar-refractivity contribution in [2.24, 2.45) is 5.92 Å². The van der Waals surface area contributed by atoms with E-state index in [1.54, 1.807) is 0 Å². The second-order valence-corrected chi connectivity index (χ2v) is 10.9. The van der Waals surface area contributed by atoms with E-state index in [0.717, 1.165) is 38.8 Å². The molecule has 1 saturated carbocycles. The van der Waals surface area contributed by atoms with Crippen molar-refractivity contribution in [2.45, 2.75) is 103 Å². The van der Waals surface area contributed by atoms with Crippen LogP contribution in [0.15, 0.2) is 24.4 Å². The van der Waals surface area contributed by atoms with Gasteiger partial charge in [0.25, 0.3) is 0 Å². The monoisotopic (exact) mass is 435 g/mol. The van der Waals surface area contributed by atoms with Crippen molar-refractivity contribution in [3.63, 3.8) is 0 Å². The number of benzene rings is 1. The summed E-state index contributed by atoms with van der Waals surface area (Å²) in [7, 11) is 0. The second kappa shape index (κ2) is 9.21. The lowest BCUT2D eigenvalue weighted by atomic mass is 9.72. The summed E-state index contributed by atoms with van der Waals surface area (Å²) < 4.78 is 2.45. The van der Waals surface area contributed by atoms with Crippen LogP contribution in [-0.4, -0.2) is 40.5 Å². The first-order chi connectivity index (χ1) is 15.6. The zero-order chi connectivity index (χ0) is 22.2. The van der Waals surface area contributed by atoms with E-state index in [2.05, 4.69) is 60.0 Å². The van der Waals surface area contributed by atoms with Crippen LogP contribution in [0.1, 0.15) is 95.2 Å². The molecular weight excluding hydrogens is 394 g/mol. The molecule has 0 unspecified atom stereocenters. The van der Waals surface area contributed by atoms with Crippen molar-refractivity contribution in [3.05, 3.63) is 35.5 Å². The van der Waals surface area contributed by atoms with Gasteiger partial charge in [-0.05, 0) is 69.7 Å². The van der Waals surface area contributed by atoms with E-state index in [0.29, 0.717) is 30.0 Å². The molecule has 32 heavy (non-hydrogen) atoms. The van der Waals surface area contributed by atoms with Gasteiger partial charge in [0.15, 0.2) is 0 Å². The van der Waals surface area contributed by atoms with Crippen LogP contribution in [0.4, 0.5) is 0 Å². The number of fused-ring (bicyclic) bond motifs is 2. The molecule has 5 rings (SSSR count). The third-order valence-corrected chi connectivity index (χ3v) is 8.40. The number of nitrogens with one attached hydrogen (secondary N) is 1. The van der Waals surface area contributed by atoms with E-state index in [1.807, 2.05) is 0 Å². The molecule has 2 heterocycles. The molecule has 2 aromatic rings. The Labute approximate surface area is 193 Å². The molecule has 4 nitrogen and oxygen atoms in total. The van der Waals surface area contributed by atoms with Crippen molar-refractivity contribution in [1.82, 2.24) is 14.8 Å². The van der Waals surface area contributed by atoms with Crippen molar-refractivity contribution in [1.29, 1.82) is 0 Å². The number of hydrogen-bond donors (Lipinski definition) is 1.